The molecule has 8 heteroatoms. The van der Waals surface area contributed by atoms with Gasteiger partial charge in [-0.05, 0) is 48.7 Å². The van der Waals surface area contributed by atoms with E-state index in [-0.39, 0.29) is 11.9 Å². The number of hydrogen-bond donors (Lipinski definition) is 1. The summed E-state index contributed by atoms with van der Waals surface area (Å²) in [5, 5.41) is 14.8. The molecule has 2 aromatic carbocycles. The molecule has 0 radical (unpaired) electrons. The van der Waals surface area contributed by atoms with Gasteiger partial charge in [0, 0.05) is 42.3 Å². The molecule has 0 unspecified atom stereocenters. The highest BCUT2D eigenvalue weighted by atomic mass is 19.1. The lowest BCUT2D eigenvalue weighted by Gasteiger charge is -2.32. The quantitative estimate of drug-likeness (QED) is 0.529. The summed E-state index contributed by atoms with van der Waals surface area (Å²) in [6, 6.07) is 14.8. The second-order valence-corrected chi connectivity index (χ2v) is 7.95. The summed E-state index contributed by atoms with van der Waals surface area (Å²) in [5.41, 5.74) is 3.83. The van der Waals surface area contributed by atoms with Crippen LogP contribution in [0.5, 0.6) is 5.75 Å². The van der Waals surface area contributed by atoms with Gasteiger partial charge in [0.1, 0.15) is 17.7 Å². The maximum atomic E-state index is 13.8. The number of aryl methyl sites for hydroxylation is 1. The van der Waals surface area contributed by atoms with Crippen LogP contribution in [0, 0.1) is 12.7 Å². The van der Waals surface area contributed by atoms with Crippen molar-refractivity contribution in [1.29, 1.82) is 0 Å². The SMILES string of the molecule is Cc1cc(OC2CCN(Cc3ccc(-c4nn[nH]n4)cc3)CC2)c2cc(F)ccc2n1. The van der Waals surface area contributed by atoms with Crippen molar-refractivity contribution in [2.24, 2.45) is 0 Å². The molecule has 0 atom stereocenters. The van der Waals surface area contributed by atoms with Crippen molar-refractivity contribution < 1.29 is 9.13 Å². The van der Waals surface area contributed by atoms with Crippen LogP contribution in [0.2, 0.25) is 0 Å². The van der Waals surface area contributed by atoms with Crippen LogP contribution >= 0.6 is 0 Å². The Labute approximate surface area is 179 Å². The Morgan fingerprint density at radius 3 is 2.65 bits per heavy atom. The van der Waals surface area contributed by atoms with Crippen LogP contribution < -0.4 is 4.74 Å². The van der Waals surface area contributed by atoms with Gasteiger partial charge in [0.25, 0.3) is 0 Å². The van der Waals surface area contributed by atoms with E-state index >= 15 is 0 Å². The van der Waals surface area contributed by atoms with Crippen LogP contribution in [-0.2, 0) is 6.54 Å². The van der Waals surface area contributed by atoms with Crippen molar-refractivity contribution in [3.8, 4) is 17.1 Å². The molecular formula is C23H23FN6O. The van der Waals surface area contributed by atoms with E-state index in [1.807, 2.05) is 25.1 Å². The Morgan fingerprint density at radius 2 is 1.90 bits per heavy atom. The molecule has 5 rings (SSSR count). The molecule has 158 valence electrons. The summed E-state index contributed by atoms with van der Waals surface area (Å²) in [6.07, 6.45) is 1.98. The number of ether oxygens (including phenoxy) is 1. The smallest absolute Gasteiger partial charge is 0.204 e. The lowest BCUT2D eigenvalue weighted by molar-refractivity contribution is 0.0979. The first-order chi connectivity index (χ1) is 15.1. The standard InChI is InChI=1S/C23H23FN6O/c1-15-12-22(20-13-18(24)6-7-21(20)25-15)31-19-8-10-30(11-9-19)14-16-2-4-17(5-3-16)23-26-28-29-27-23/h2-7,12-13,19H,8-11,14H2,1H3,(H,26,27,28,29). The molecule has 1 N–H and O–H groups in total. The van der Waals surface area contributed by atoms with E-state index in [2.05, 4.69) is 42.6 Å². The monoisotopic (exact) mass is 418 g/mol. The van der Waals surface area contributed by atoms with Gasteiger partial charge in [-0.15, -0.1) is 10.2 Å². The number of benzene rings is 2. The van der Waals surface area contributed by atoms with Crippen molar-refractivity contribution in [3.05, 3.63) is 65.6 Å². The van der Waals surface area contributed by atoms with E-state index in [0.717, 1.165) is 60.4 Å². The largest absolute Gasteiger partial charge is 0.490 e. The summed E-state index contributed by atoms with van der Waals surface area (Å²) in [7, 11) is 0. The lowest BCUT2D eigenvalue weighted by Crippen LogP contribution is -2.37. The fraction of sp³-hybridized carbons (Fsp3) is 0.304. The molecule has 0 aliphatic carbocycles. The number of nitrogens with zero attached hydrogens (tertiary/aromatic N) is 5. The maximum absolute atomic E-state index is 13.8. The number of aromatic nitrogens is 5. The molecule has 1 saturated heterocycles. The molecule has 0 bridgehead atoms. The van der Waals surface area contributed by atoms with E-state index in [0.29, 0.717) is 5.82 Å². The highest BCUT2D eigenvalue weighted by molar-refractivity contribution is 5.85. The van der Waals surface area contributed by atoms with Gasteiger partial charge in [-0.25, -0.2) is 4.39 Å². The van der Waals surface area contributed by atoms with Gasteiger partial charge in [0.05, 0.1) is 5.52 Å². The van der Waals surface area contributed by atoms with Crippen LogP contribution in [0.4, 0.5) is 4.39 Å². The third-order valence-electron chi connectivity index (χ3n) is 5.65. The number of hydrogen-bond acceptors (Lipinski definition) is 6. The van der Waals surface area contributed by atoms with Crippen molar-refractivity contribution in [2.75, 3.05) is 13.1 Å². The molecular weight excluding hydrogens is 395 g/mol. The summed E-state index contributed by atoms with van der Waals surface area (Å²) in [4.78, 5) is 6.91. The second-order valence-electron chi connectivity index (χ2n) is 7.95. The predicted molar refractivity (Wildman–Crippen MR) is 115 cm³/mol. The third kappa shape index (κ3) is 4.39. The number of piperidine rings is 1. The summed E-state index contributed by atoms with van der Waals surface area (Å²) in [5.74, 6) is 1.05. The summed E-state index contributed by atoms with van der Waals surface area (Å²) in [6.45, 7) is 4.73. The zero-order chi connectivity index (χ0) is 21.2. The van der Waals surface area contributed by atoms with Gasteiger partial charge >= 0.3 is 0 Å². The zero-order valence-electron chi connectivity index (χ0n) is 17.3. The Kier molecular flexibility index (Phi) is 5.30. The minimum Gasteiger partial charge on any atom is -0.490 e. The Bertz CT molecular complexity index is 1170. The predicted octanol–water partition coefficient (Wildman–Crippen LogP) is 3.91. The van der Waals surface area contributed by atoms with Crippen molar-refractivity contribution >= 4 is 10.9 Å². The molecule has 0 amide bonds. The molecule has 4 aromatic rings. The second kappa shape index (κ2) is 8.39. The number of H-pyrrole nitrogens is 1. The average molecular weight is 418 g/mol. The highest BCUT2D eigenvalue weighted by Gasteiger charge is 2.22. The summed E-state index contributed by atoms with van der Waals surface area (Å²) >= 11 is 0. The van der Waals surface area contributed by atoms with Crippen LogP contribution in [0.25, 0.3) is 22.3 Å². The van der Waals surface area contributed by atoms with Gasteiger partial charge in [-0.3, -0.25) is 9.88 Å². The fourth-order valence-corrected chi connectivity index (χ4v) is 4.06. The number of tetrazole rings is 1. The molecule has 1 aliphatic heterocycles. The Morgan fingerprint density at radius 1 is 1.10 bits per heavy atom. The highest BCUT2D eigenvalue weighted by Crippen LogP contribution is 2.29. The van der Waals surface area contributed by atoms with Crippen molar-refractivity contribution in [1.82, 2.24) is 30.5 Å². The zero-order valence-corrected chi connectivity index (χ0v) is 17.3. The number of aromatic amines is 1. The molecule has 1 fully saturated rings. The lowest BCUT2D eigenvalue weighted by atomic mass is 10.1. The van der Waals surface area contributed by atoms with E-state index in [1.54, 1.807) is 6.07 Å². The molecule has 0 spiro atoms. The van der Waals surface area contributed by atoms with Crippen molar-refractivity contribution in [2.45, 2.75) is 32.4 Å². The molecule has 3 heterocycles. The normalized spacial score (nSPS) is 15.4. The van der Waals surface area contributed by atoms with Gasteiger partial charge in [0.2, 0.25) is 5.82 Å². The van der Waals surface area contributed by atoms with Gasteiger partial charge in [-0.2, -0.15) is 5.21 Å². The number of pyridine rings is 1. The van der Waals surface area contributed by atoms with E-state index in [4.69, 9.17) is 4.74 Å². The van der Waals surface area contributed by atoms with Crippen LogP contribution in [0.15, 0.2) is 48.5 Å². The first-order valence-electron chi connectivity index (χ1n) is 10.4. The number of likely N-dealkylation sites (tertiary alicyclic amines) is 1. The number of halogens is 1. The molecule has 0 saturated carbocycles. The van der Waals surface area contributed by atoms with Crippen LogP contribution in [0.1, 0.15) is 24.1 Å². The Balaban J connectivity index is 1.20. The molecule has 7 nitrogen and oxygen atoms in total. The van der Waals surface area contributed by atoms with E-state index in [1.165, 1.54) is 17.7 Å². The van der Waals surface area contributed by atoms with Gasteiger partial charge in [0.15, 0.2) is 0 Å². The summed E-state index contributed by atoms with van der Waals surface area (Å²) < 4.78 is 20.1. The number of nitrogens with one attached hydrogen (secondary N) is 1. The van der Waals surface area contributed by atoms with E-state index < -0.39 is 0 Å². The first-order valence-corrected chi connectivity index (χ1v) is 10.4. The topological polar surface area (TPSA) is 79.8 Å². The third-order valence-corrected chi connectivity index (χ3v) is 5.65. The fourth-order valence-electron chi connectivity index (χ4n) is 4.06. The number of rotatable bonds is 5. The first kappa shape index (κ1) is 19.6. The Hall–Kier alpha value is -3.39. The maximum Gasteiger partial charge on any atom is 0.204 e. The molecule has 2 aromatic heterocycles. The minimum absolute atomic E-state index is 0.116. The van der Waals surface area contributed by atoms with Crippen LogP contribution in [0.3, 0.4) is 0 Å². The van der Waals surface area contributed by atoms with Crippen LogP contribution in [-0.4, -0.2) is 49.7 Å². The molecule has 31 heavy (non-hydrogen) atoms. The average Bonchev–Trinajstić information content (AvgIpc) is 3.31. The number of fused-ring (bicyclic) bond motifs is 1. The van der Waals surface area contributed by atoms with Gasteiger partial charge < -0.3 is 4.74 Å². The van der Waals surface area contributed by atoms with E-state index in [9.17, 15) is 4.39 Å². The minimum atomic E-state index is -0.275. The van der Waals surface area contributed by atoms with Crippen molar-refractivity contribution in [3.63, 3.8) is 0 Å². The van der Waals surface area contributed by atoms with Gasteiger partial charge in [-0.1, -0.05) is 24.3 Å². The molecule has 1 aliphatic rings.